The lowest BCUT2D eigenvalue weighted by atomic mass is 10.0. The molecule has 1 amide bonds. The third-order valence-electron chi connectivity index (χ3n) is 5.55. The molecule has 3 heterocycles. The highest BCUT2D eigenvalue weighted by Crippen LogP contribution is 2.38. The highest BCUT2D eigenvalue weighted by molar-refractivity contribution is 5.76. The predicted molar refractivity (Wildman–Crippen MR) is 106 cm³/mol. The highest BCUT2D eigenvalue weighted by atomic mass is 19.4. The van der Waals surface area contributed by atoms with Gasteiger partial charge in [-0.25, -0.2) is 9.50 Å². The number of halogens is 3. The first-order valence-corrected chi connectivity index (χ1v) is 10.5. The molecule has 0 radical (unpaired) electrons. The Morgan fingerprint density at radius 3 is 2.56 bits per heavy atom. The topological polar surface area (TPSA) is 111 Å². The number of carbonyl (C=O) groups excluding carboxylic acids is 1. The number of aromatic nitrogens is 6. The maximum absolute atomic E-state index is 13.0. The van der Waals surface area contributed by atoms with E-state index in [0.717, 1.165) is 17.4 Å². The second-order valence-electron chi connectivity index (χ2n) is 8.46. The van der Waals surface area contributed by atoms with Crippen LogP contribution in [0.2, 0.25) is 0 Å². The van der Waals surface area contributed by atoms with Crippen molar-refractivity contribution in [2.75, 3.05) is 0 Å². The molecule has 0 saturated heterocycles. The summed E-state index contributed by atoms with van der Waals surface area (Å²) in [4.78, 5) is 24.7. The number of hydrogen-bond donors (Lipinski definition) is 1. The smallest absolute Gasteiger partial charge is 0.344 e. The van der Waals surface area contributed by atoms with E-state index in [-0.39, 0.29) is 30.4 Å². The Balaban J connectivity index is 1.47. The van der Waals surface area contributed by atoms with Crippen LogP contribution in [0.5, 0.6) is 0 Å². The van der Waals surface area contributed by atoms with Crippen LogP contribution in [0.25, 0.3) is 5.78 Å². The summed E-state index contributed by atoms with van der Waals surface area (Å²) in [6.45, 7) is 7.21. The Morgan fingerprint density at radius 2 is 1.94 bits per heavy atom. The van der Waals surface area contributed by atoms with Crippen LogP contribution in [0, 0.1) is 19.8 Å². The monoisotopic (exact) mass is 451 g/mol. The molecule has 3 aromatic heterocycles. The molecule has 172 valence electrons. The summed E-state index contributed by atoms with van der Waals surface area (Å²) in [6, 6.07) is -0.421. The van der Waals surface area contributed by atoms with Crippen LogP contribution in [-0.2, 0) is 17.4 Å². The van der Waals surface area contributed by atoms with E-state index in [9.17, 15) is 18.0 Å². The summed E-state index contributed by atoms with van der Waals surface area (Å²) in [7, 11) is 0. The van der Waals surface area contributed by atoms with E-state index >= 15 is 0 Å². The molecule has 0 bridgehead atoms. The van der Waals surface area contributed by atoms with Gasteiger partial charge in [0.25, 0.3) is 11.6 Å². The average Bonchev–Trinajstić information content (AvgIpc) is 3.26. The van der Waals surface area contributed by atoms with Gasteiger partial charge in [-0.05, 0) is 44.6 Å². The Hall–Kier alpha value is -3.05. The molecule has 1 fully saturated rings. The molecule has 1 unspecified atom stereocenters. The Morgan fingerprint density at radius 1 is 1.22 bits per heavy atom. The molecule has 9 nitrogen and oxygen atoms in total. The quantitative estimate of drug-likeness (QED) is 0.585. The predicted octanol–water partition coefficient (Wildman–Crippen LogP) is 3.47. The molecular weight excluding hydrogens is 427 g/mol. The van der Waals surface area contributed by atoms with Gasteiger partial charge in [0, 0.05) is 23.7 Å². The molecule has 1 saturated carbocycles. The van der Waals surface area contributed by atoms with Crippen LogP contribution < -0.4 is 5.32 Å². The minimum Gasteiger partial charge on any atom is -0.344 e. The van der Waals surface area contributed by atoms with Crippen molar-refractivity contribution in [3.63, 3.8) is 0 Å². The van der Waals surface area contributed by atoms with E-state index < -0.39 is 18.0 Å². The lowest BCUT2D eigenvalue weighted by molar-refractivity contribution is -0.144. The zero-order valence-electron chi connectivity index (χ0n) is 18.2. The summed E-state index contributed by atoms with van der Waals surface area (Å²) >= 11 is 0. The number of alkyl halides is 3. The molecule has 32 heavy (non-hydrogen) atoms. The molecule has 3 aromatic rings. The van der Waals surface area contributed by atoms with Crippen LogP contribution in [0.4, 0.5) is 13.2 Å². The van der Waals surface area contributed by atoms with Gasteiger partial charge in [0.1, 0.15) is 6.04 Å². The van der Waals surface area contributed by atoms with Gasteiger partial charge >= 0.3 is 6.18 Å². The van der Waals surface area contributed by atoms with E-state index in [0.29, 0.717) is 34.6 Å². The number of nitrogens with one attached hydrogen (secondary N) is 1. The number of aryl methyl sites for hydroxylation is 2. The summed E-state index contributed by atoms with van der Waals surface area (Å²) in [5.41, 5.74) is 1.63. The van der Waals surface area contributed by atoms with Gasteiger partial charge in [-0.2, -0.15) is 23.1 Å². The maximum atomic E-state index is 13.0. The Kier molecular flexibility index (Phi) is 5.63. The van der Waals surface area contributed by atoms with Crippen LogP contribution >= 0.6 is 0 Å². The van der Waals surface area contributed by atoms with E-state index in [1.54, 1.807) is 13.8 Å². The number of hydrogen-bond acceptors (Lipinski definition) is 7. The first kappa shape index (κ1) is 22.2. The number of fused-ring (bicyclic) bond motifs is 1. The van der Waals surface area contributed by atoms with Crippen molar-refractivity contribution >= 4 is 11.7 Å². The van der Waals surface area contributed by atoms with Crippen LogP contribution in [-0.4, -0.2) is 35.6 Å². The number of carbonyl (C=O) groups is 1. The number of rotatable bonds is 7. The second kappa shape index (κ2) is 8.14. The Labute approximate surface area is 181 Å². The third-order valence-corrected chi connectivity index (χ3v) is 5.55. The van der Waals surface area contributed by atoms with Gasteiger partial charge < -0.3 is 9.84 Å². The molecule has 1 aliphatic rings. The summed E-state index contributed by atoms with van der Waals surface area (Å²) in [5.74, 6) is -0.161. The van der Waals surface area contributed by atoms with E-state index in [4.69, 9.17) is 4.52 Å². The van der Waals surface area contributed by atoms with Crippen molar-refractivity contribution in [3.05, 3.63) is 34.5 Å². The van der Waals surface area contributed by atoms with Gasteiger partial charge in [-0.15, -0.1) is 5.10 Å². The maximum Gasteiger partial charge on any atom is 0.453 e. The highest BCUT2D eigenvalue weighted by Gasteiger charge is 2.37. The third kappa shape index (κ3) is 4.44. The summed E-state index contributed by atoms with van der Waals surface area (Å²) < 4.78 is 45.3. The molecule has 4 rings (SSSR count). The lowest BCUT2D eigenvalue weighted by Gasteiger charge is -2.19. The molecule has 1 aliphatic carbocycles. The van der Waals surface area contributed by atoms with Gasteiger partial charge in [-0.3, -0.25) is 4.79 Å². The van der Waals surface area contributed by atoms with Gasteiger partial charge in [0.05, 0.1) is 0 Å². The summed E-state index contributed by atoms with van der Waals surface area (Å²) in [5, 5.41) is 10.5. The molecule has 0 spiro atoms. The van der Waals surface area contributed by atoms with Crippen molar-refractivity contribution in [2.24, 2.45) is 5.92 Å². The first-order valence-electron chi connectivity index (χ1n) is 10.5. The SMILES string of the molecule is Cc1nc2nc(C(F)(F)F)nn2c(C)c1CCC(=O)NC(c1nc(C2CC2)no1)C(C)C. The number of amides is 1. The zero-order valence-corrected chi connectivity index (χ0v) is 18.2. The molecule has 0 aromatic carbocycles. The van der Waals surface area contributed by atoms with E-state index in [1.807, 2.05) is 13.8 Å². The standard InChI is InChI=1S/C20H24F3N7O2/c1-9(2)15(17-26-16(29-32-17)12-5-6-12)25-14(31)8-7-13-10(3)24-19-27-18(20(21,22)23)28-30(19)11(13)4/h9,12,15H,5-8H2,1-4H3,(H,25,31). The van der Waals surface area contributed by atoms with Crippen LogP contribution in [0.1, 0.15) is 79.6 Å². The molecule has 1 N–H and O–H groups in total. The van der Waals surface area contributed by atoms with E-state index in [2.05, 4.69) is 30.5 Å². The fraction of sp³-hybridized carbons (Fsp3) is 0.600. The molecule has 0 aliphatic heterocycles. The molecule has 1 atom stereocenters. The normalized spacial score (nSPS) is 15.5. The van der Waals surface area contributed by atoms with E-state index in [1.165, 1.54) is 0 Å². The van der Waals surface area contributed by atoms with Crippen molar-refractivity contribution in [1.82, 2.24) is 35.0 Å². The van der Waals surface area contributed by atoms with Crippen molar-refractivity contribution in [2.45, 2.75) is 71.5 Å². The summed E-state index contributed by atoms with van der Waals surface area (Å²) in [6.07, 6.45) is -2.16. The van der Waals surface area contributed by atoms with Crippen LogP contribution in [0.3, 0.4) is 0 Å². The Bertz CT molecular complexity index is 1150. The van der Waals surface area contributed by atoms with Crippen molar-refractivity contribution < 1.29 is 22.5 Å². The average molecular weight is 451 g/mol. The van der Waals surface area contributed by atoms with Crippen molar-refractivity contribution in [3.8, 4) is 0 Å². The second-order valence-corrected chi connectivity index (χ2v) is 8.46. The molecule has 12 heteroatoms. The minimum absolute atomic E-state index is 0.0314. The van der Waals surface area contributed by atoms with Gasteiger partial charge in [-0.1, -0.05) is 19.0 Å². The fourth-order valence-corrected chi connectivity index (χ4v) is 3.57. The largest absolute Gasteiger partial charge is 0.453 e. The van der Waals surface area contributed by atoms with Crippen molar-refractivity contribution in [1.29, 1.82) is 0 Å². The van der Waals surface area contributed by atoms with Crippen LogP contribution in [0.15, 0.2) is 4.52 Å². The van der Waals surface area contributed by atoms with Gasteiger partial charge in [0.15, 0.2) is 5.82 Å². The fourth-order valence-electron chi connectivity index (χ4n) is 3.57. The zero-order chi connectivity index (χ0) is 23.2. The van der Waals surface area contributed by atoms with Gasteiger partial charge in [0.2, 0.25) is 11.8 Å². The number of nitrogens with zero attached hydrogens (tertiary/aromatic N) is 6. The molecular formula is C20H24F3N7O2. The lowest BCUT2D eigenvalue weighted by Crippen LogP contribution is -2.32. The minimum atomic E-state index is -4.66. The first-order chi connectivity index (χ1) is 15.0.